The summed E-state index contributed by atoms with van der Waals surface area (Å²) in [6.45, 7) is 0. The number of methoxy groups -OCH3 is 1. The van der Waals surface area contributed by atoms with E-state index in [2.05, 4.69) is 0 Å². The Morgan fingerprint density at radius 1 is 1.47 bits per heavy atom. The van der Waals surface area contributed by atoms with Gasteiger partial charge in [0, 0.05) is 17.7 Å². The lowest BCUT2D eigenvalue weighted by molar-refractivity contribution is 0.409. The van der Waals surface area contributed by atoms with Gasteiger partial charge in [0.05, 0.1) is 7.11 Å². The van der Waals surface area contributed by atoms with Gasteiger partial charge in [0.25, 0.3) is 0 Å². The van der Waals surface area contributed by atoms with Crippen LogP contribution in [0, 0.1) is 11.7 Å². The number of halogens is 2. The quantitative estimate of drug-likeness (QED) is 0.868. The summed E-state index contributed by atoms with van der Waals surface area (Å²) in [5.41, 5.74) is 6.52. The van der Waals surface area contributed by atoms with Crippen LogP contribution < -0.4 is 10.5 Å². The second kappa shape index (κ2) is 4.81. The molecule has 2 N–H and O–H groups in total. The molecule has 0 aromatic heterocycles. The molecule has 0 radical (unpaired) electrons. The maximum absolute atomic E-state index is 13.5. The van der Waals surface area contributed by atoms with Crippen LogP contribution in [0.3, 0.4) is 0 Å². The highest BCUT2D eigenvalue weighted by molar-refractivity contribution is 5.85. The molecule has 1 aliphatic rings. The molecule has 1 fully saturated rings. The first-order valence-electron chi connectivity index (χ1n) is 4.81. The van der Waals surface area contributed by atoms with Crippen molar-refractivity contribution >= 4 is 12.4 Å². The van der Waals surface area contributed by atoms with Gasteiger partial charge in [0.1, 0.15) is 11.6 Å². The molecule has 15 heavy (non-hydrogen) atoms. The summed E-state index contributed by atoms with van der Waals surface area (Å²) in [5.74, 6) is 0.746. The first-order valence-corrected chi connectivity index (χ1v) is 4.81. The molecule has 1 saturated carbocycles. The number of ether oxygens (including phenoxy) is 1. The van der Waals surface area contributed by atoms with Gasteiger partial charge in [0.2, 0.25) is 0 Å². The zero-order chi connectivity index (χ0) is 10.1. The minimum Gasteiger partial charge on any atom is -0.497 e. The largest absolute Gasteiger partial charge is 0.497 e. The van der Waals surface area contributed by atoms with Crippen LogP contribution in [0.4, 0.5) is 4.39 Å². The van der Waals surface area contributed by atoms with Crippen molar-refractivity contribution in [2.75, 3.05) is 7.11 Å². The number of hydrogen-bond donors (Lipinski definition) is 1. The Kier molecular flexibility index (Phi) is 3.94. The van der Waals surface area contributed by atoms with E-state index in [0.717, 1.165) is 12.8 Å². The van der Waals surface area contributed by atoms with Crippen LogP contribution in [-0.4, -0.2) is 7.11 Å². The highest BCUT2D eigenvalue weighted by Crippen LogP contribution is 2.40. The van der Waals surface area contributed by atoms with Gasteiger partial charge in [0.15, 0.2) is 0 Å². The molecule has 0 unspecified atom stereocenters. The van der Waals surface area contributed by atoms with Gasteiger partial charge < -0.3 is 10.5 Å². The van der Waals surface area contributed by atoms with Crippen molar-refractivity contribution in [3.63, 3.8) is 0 Å². The Hall–Kier alpha value is -0.800. The van der Waals surface area contributed by atoms with Crippen LogP contribution in [0.1, 0.15) is 24.4 Å². The Labute approximate surface area is 95.0 Å². The van der Waals surface area contributed by atoms with Crippen molar-refractivity contribution in [1.82, 2.24) is 0 Å². The SMILES string of the molecule is COc1ccc([C@@H](N)C2CC2)c(F)c1.Cl. The van der Waals surface area contributed by atoms with Gasteiger partial charge in [-0.1, -0.05) is 6.07 Å². The topological polar surface area (TPSA) is 35.2 Å². The van der Waals surface area contributed by atoms with E-state index in [1.54, 1.807) is 12.1 Å². The number of nitrogens with two attached hydrogens (primary N) is 1. The molecular formula is C11H15ClFNO. The van der Waals surface area contributed by atoms with E-state index in [-0.39, 0.29) is 24.3 Å². The van der Waals surface area contributed by atoms with Gasteiger partial charge in [-0.3, -0.25) is 0 Å². The van der Waals surface area contributed by atoms with Gasteiger partial charge in [-0.25, -0.2) is 4.39 Å². The van der Waals surface area contributed by atoms with Gasteiger partial charge >= 0.3 is 0 Å². The van der Waals surface area contributed by atoms with E-state index in [0.29, 0.717) is 17.2 Å². The normalized spacial score (nSPS) is 16.7. The van der Waals surface area contributed by atoms with Gasteiger partial charge in [-0.05, 0) is 24.8 Å². The Balaban J connectivity index is 0.00000112. The van der Waals surface area contributed by atoms with Crippen LogP contribution in [-0.2, 0) is 0 Å². The lowest BCUT2D eigenvalue weighted by Crippen LogP contribution is -2.14. The Morgan fingerprint density at radius 3 is 2.60 bits per heavy atom. The fourth-order valence-corrected chi connectivity index (χ4v) is 1.61. The molecule has 1 atom stereocenters. The monoisotopic (exact) mass is 231 g/mol. The van der Waals surface area contributed by atoms with Gasteiger partial charge in [-0.15, -0.1) is 12.4 Å². The number of rotatable bonds is 3. The molecule has 0 bridgehead atoms. The summed E-state index contributed by atoms with van der Waals surface area (Å²) in [4.78, 5) is 0. The van der Waals surface area contributed by atoms with E-state index in [1.165, 1.54) is 13.2 Å². The van der Waals surface area contributed by atoms with Crippen molar-refractivity contribution in [3.05, 3.63) is 29.6 Å². The minimum atomic E-state index is -0.260. The summed E-state index contributed by atoms with van der Waals surface area (Å²) in [6, 6.07) is 4.70. The molecule has 0 heterocycles. The summed E-state index contributed by atoms with van der Waals surface area (Å²) < 4.78 is 18.4. The van der Waals surface area contributed by atoms with E-state index < -0.39 is 0 Å². The van der Waals surface area contributed by atoms with Crippen LogP contribution in [0.25, 0.3) is 0 Å². The van der Waals surface area contributed by atoms with Crippen LogP contribution in [0.15, 0.2) is 18.2 Å². The van der Waals surface area contributed by atoms with E-state index in [4.69, 9.17) is 10.5 Å². The van der Waals surface area contributed by atoms with Gasteiger partial charge in [-0.2, -0.15) is 0 Å². The molecule has 0 aliphatic heterocycles. The maximum Gasteiger partial charge on any atom is 0.131 e. The standard InChI is InChI=1S/C11H14FNO.ClH/c1-14-8-4-5-9(10(12)6-8)11(13)7-2-3-7;/h4-7,11H,2-3,13H2,1H3;1H/t11-;/m0./s1. The van der Waals surface area contributed by atoms with E-state index in [1.807, 2.05) is 0 Å². The number of hydrogen-bond acceptors (Lipinski definition) is 2. The van der Waals surface area contributed by atoms with E-state index in [9.17, 15) is 4.39 Å². The Bertz CT molecular complexity index is 341. The molecular weight excluding hydrogens is 217 g/mol. The fourth-order valence-electron chi connectivity index (χ4n) is 1.61. The van der Waals surface area contributed by atoms with Crippen molar-refractivity contribution in [1.29, 1.82) is 0 Å². The van der Waals surface area contributed by atoms with Crippen molar-refractivity contribution in [2.24, 2.45) is 11.7 Å². The molecule has 0 amide bonds. The van der Waals surface area contributed by atoms with Crippen molar-refractivity contribution in [3.8, 4) is 5.75 Å². The molecule has 1 aromatic carbocycles. The molecule has 4 heteroatoms. The first-order chi connectivity index (χ1) is 6.72. The minimum absolute atomic E-state index is 0. The molecule has 1 aromatic rings. The van der Waals surface area contributed by atoms with Crippen molar-refractivity contribution < 1.29 is 9.13 Å². The number of benzene rings is 1. The highest BCUT2D eigenvalue weighted by atomic mass is 35.5. The average Bonchev–Trinajstić information content (AvgIpc) is 3.00. The third-order valence-electron chi connectivity index (χ3n) is 2.70. The summed E-state index contributed by atoms with van der Waals surface area (Å²) in [5, 5.41) is 0. The van der Waals surface area contributed by atoms with Crippen LogP contribution in [0.2, 0.25) is 0 Å². The lowest BCUT2D eigenvalue weighted by Gasteiger charge is -2.12. The second-order valence-corrected chi connectivity index (χ2v) is 3.75. The molecule has 2 nitrogen and oxygen atoms in total. The average molecular weight is 232 g/mol. The van der Waals surface area contributed by atoms with Crippen LogP contribution >= 0.6 is 12.4 Å². The maximum atomic E-state index is 13.5. The molecule has 1 aliphatic carbocycles. The first kappa shape index (κ1) is 12.3. The molecule has 0 spiro atoms. The summed E-state index contributed by atoms with van der Waals surface area (Å²) in [7, 11) is 1.52. The zero-order valence-corrected chi connectivity index (χ0v) is 9.39. The smallest absolute Gasteiger partial charge is 0.131 e. The second-order valence-electron chi connectivity index (χ2n) is 3.75. The van der Waals surface area contributed by atoms with Crippen LogP contribution in [0.5, 0.6) is 5.75 Å². The molecule has 2 rings (SSSR count). The fraction of sp³-hybridized carbons (Fsp3) is 0.455. The molecule has 84 valence electrons. The zero-order valence-electron chi connectivity index (χ0n) is 8.57. The van der Waals surface area contributed by atoms with E-state index >= 15 is 0 Å². The lowest BCUT2D eigenvalue weighted by atomic mass is 10.0. The Morgan fingerprint density at radius 2 is 2.13 bits per heavy atom. The third kappa shape index (κ3) is 2.61. The predicted octanol–water partition coefficient (Wildman–Crippen LogP) is 2.67. The van der Waals surface area contributed by atoms with Crippen molar-refractivity contribution in [2.45, 2.75) is 18.9 Å². The summed E-state index contributed by atoms with van der Waals surface area (Å²) >= 11 is 0. The highest BCUT2D eigenvalue weighted by Gasteiger charge is 2.31. The third-order valence-corrected chi connectivity index (χ3v) is 2.70. The predicted molar refractivity (Wildman–Crippen MR) is 59.9 cm³/mol. The summed E-state index contributed by atoms with van der Waals surface area (Å²) in [6.07, 6.45) is 2.24. The molecule has 0 saturated heterocycles.